The number of aryl methyl sites for hydroxylation is 1. The summed E-state index contributed by atoms with van der Waals surface area (Å²) >= 11 is 0. The Morgan fingerprint density at radius 1 is 1.31 bits per heavy atom. The largest absolute Gasteiger partial charge is 0.384 e. The molecule has 2 unspecified atom stereocenters. The molecule has 0 radical (unpaired) electrons. The number of hydrogen-bond donors (Lipinski definition) is 1. The predicted molar refractivity (Wildman–Crippen MR) is 64.2 cm³/mol. The molecule has 4 nitrogen and oxygen atoms in total. The lowest BCUT2D eigenvalue weighted by atomic mass is 10.1. The summed E-state index contributed by atoms with van der Waals surface area (Å²) in [5.74, 6) is 0.504. The third-order valence-corrected chi connectivity index (χ3v) is 2.55. The second-order valence-corrected chi connectivity index (χ2v) is 4.22. The number of aromatic nitrogens is 2. The first-order valence-corrected chi connectivity index (χ1v) is 5.65. The van der Waals surface area contributed by atoms with Crippen molar-refractivity contribution >= 4 is 0 Å². The molecule has 0 saturated heterocycles. The number of rotatable bonds is 6. The first-order chi connectivity index (χ1) is 7.65. The molecule has 4 heteroatoms. The standard InChI is InChI=1S/C12H21N3O/c1-9(8-16-4)7-15-11(3)12-10(2)13-5-6-14-12/h5-6,9,11,15H,7-8H2,1-4H3. The number of nitrogens with one attached hydrogen (secondary N) is 1. The molecule has 0 aliphatic heterocycles. The maximum atomic E-state index is 5.10. The summed E-state index contributed by atoms with van der Waals surface area (Å²) in [5.41, 5.74) is 2.01. The molecule has 16 heavy (non-hydrogen) atoms. The van der Waals surface area contributed by atoms with E-state index in [4.69, 9.17) is 4.74 Å². The zero-order chi connectivity index (χ0) is 12.0. The Hall–Kier alpha value is -1.00. The Morgan fingerprint density at radius 2 is 2.00 bits per heavy atom. The average Bonchev–Trinajstić information content (AvgIpc) is 2.27. The molecule has 0 fully saturated rings. The number of ether oxygens (including phenoxy) is 1. The number of methoxy groups -OCH3 is 1. The van der Waals surface area contributed by atoms with Crippen molar-refractivity contribution in [2.75, 3.05) is 20.3 Å². The molecule has 0 amide bonds. The van der Waals surface area contributed by atoms with Gasteiger partial charge in [-0.3, -0.25) is 9.97 Å². The van der Waals surface area contributed by atoms with Crippen LogP contribution < -0.4 is 5.32 Å². The quantitative estimate of drug-likeness (QED) is 0.797. The summed E-state index contributed by atoms with van der Waals surface area (Å²) in [6, 6.07) is 0.230. The first kappa shape index (κ1) is 13.1. The van der Waals surface area contributed by atoms with Crippen molar-refractivity contribution < 1.29 is 4.74 Å². The van der Waals surface area contributed by atoms with E-state index in [-0.39, 0.29) is 6.04 Å². The molecule has 0 bridgehead atoms. The summed E-state index contributed by atoms with van der Waals surface area (Å²) in [4.78, 5) is 8.58. The zero-order valence-electron chi connectivity index (χ0n) is 10.5. The minimum Gasteiger partial charge on any atom is -0.384 e. The van der Waals surface area contributed by atoms with E-state index in [0.717, 1.165) is 24.5 Å². The van der Waals surface area contributed by atoms with Crippen LogP contribution in [0.15, 0.2) is 12.4 Å². The molecular formula is C12H21N3O. The highest BCUT2D eigenvalue weighted by Gasteiger charge is 2.11. The smallest absolute Gasteiger partial charge is 0.0782 e. The minimum atomic E-state index is 0.230. The van der Waals surface area contributed by atoms with Gasteiger partial charge < -0.3 is 10.1 Å². The van der Waals surface area contributed by atoms with Crippen LogP contribution in [0.25, 0.3) is 0 Å². The highest BCUT2D eigenvalue weighted by Crippen LogP contribution is 2.11. The number of hydrogen-bond acceptors (Lipinski definition) is 4. The highest BCUT2D eigenvalue weighted by atomic mass is 16.5. The van der Waals surface area contributed by atoms with Gasteiger partial charge in [0.05, 0.1) is 11.4 Å². The second kappa shape index (κ2) is 6.55. The summed E-state index contributed by atoms with van der Waals surface area (Å²) in [6.07, 6.45) is 3.46. The van der Waals surface area contributed by atoms with Crippen molar-refractivity contribution in [3.05, 3.63) is 23.8 Å². The van der Waals surface area contributed by atoms with Crippen LogP contribution in [-0.2, 0) is 4.74 Å². The van der Waals surface area contributed by atoms with E-state index in [9.17, 15) is 0 Å². The molecule has 0 saturated carbocycles. The lowest BCUT2D eigenvalue weighted by Gasteiger charge is -2.17. The van der Waals surface area contributed by atoms with Gasteiger partial charge in [-0.25, -0.2) is 0 Å². The van der Waals surface area contributed by atoms with Crippen LogP contribution in [0, 0.1) is 12.8 Å². The van der Waals surface area contributed by atoms with Gasteiger partial charge in [-0.05, 0) is 19.8 Å². The van der Waals surface area contributed by atoms with Crippen LogP contribution in [0.3, 0.4) is 0 Å². The van der Waals surface area contributed by atoms with E-state index < -0.39 is 0 Å². The van der Waals surface area contributed by atoms with E-state index in [0.29, 0.717) is 5.92 Å². The Balaban J connectivity index is 2.46. The lowest BCUT2D eigenvalue weighted by Crippen LogP contribution is -2.27. The van der Waals surface area contributed by atoms with Crippen LogP contribution in [-0.4, -0.2) is 30.2 Å². The van der Waals surface area contributed by atoms with Crippen molar-refractivity contribution in [2.45, 2.75) is 26.8 Å². The second-order valence-electron chi connectivity index (χ2n) is 4.22. The van der Waals surface area contributed by atoms with Gasteiger partial charge in [-0.2, -0.15) is 0 Å². The van der Waals surface area contributed by atoms with E-state index >= 15 is 0 Å². The van der Waals surface area contributed by atoms with Crippen LogP contribution in [0.1, 0.15) is 31.3 Å². The minimum absolute atomic E-state index is 0.230. The topological polar surface area (TPSA) is 47.0 Å². The van der Waals surface area contributed by atoms with E-state index in [1.165, 1.54) is 0 Å². The van der Waals surface area contributed by atoms with Gasteiger partial charge in [0, 0.05) is 38.7 Å². The average molecular weight is 223 g/mol. The molecule has 2 atom stereocenters. The van der Waals surface area contributed by atoms with Gasteiger partial charge in [0.2, 0.25) is 0 Å². The Morgan fingerprint density at radius 3 is 2.62 bits per heavy atom. The Bertz CT molecular complexity index is 317. The Kier molecular flexibility index (Phi) is 5.35. The maximum Gasteiger partial charge on any atom is 0.0782 e. The molecule has 0 aliphatic rings. The first-order valence-electron chi connectivity index (χ1n) is 5.65. The van der Waals surface area contributed by atoms with Crippen LogP contribution in [0.5, 0.6) is 0 Å². The van der Waals surface area contributed by atoms with Crippen molar-refractivity contribution in [3.63, 3.8) is 0 Å². The third kappa shape index (κ3) is 3.87. The summed E-state index contributed by atoms with van der Waals surface area (Å²) in [5, 5.41) is 3.44. The SMILES string of the molecule is COCC(C)CNC(C)c1nccnc1C. The van der Waals surface area contributed by atoms with Gasteiger partial charge in [-0.15, -0.1) is 0 Å². The summed E-state index contributed by atoms with van der Waals surface area (Å²) in [7, 11) is 1.73. The summed E-state index contributed by atoms with van der Waals surface area (Å²) < 4.78 is 5.10. The van der Waals surface area contributed by atoms with Gasteiger partial charge in [0.25, 0.3) is 0 Å². The van der Waals surface area contributed by atoms with E-state index in [2.05, 4.69) is 29.1 Å². The van der Waals surface area contributed by atoms with E-state index in [1.54, 1.807) is 19.5 Å². The molecule has 0 aliphatic carbocycles. The molecule has 1 aromatic heterocycles. The summed E-state index contributed by atoms with van der Waals surface area (Å²) in [6.45, 7) is 7.95. The fourth-order valence-electron chi connectivity index (χ4n) is 1.66. The molecule has 1 rings (SSSR count). The molecular weight excluding hydrogens is 202 g/mol. The Labute approximate surface area is 97.5 Å². The van der Waals surface area contributed by atoms with Crippen molar-refractivity contribution in [1.82, 2.24) is 15.3 Å². The van der Waals surface area contributed by atoms with Crippen LogP contribution in [0.4, 0.5) is 0 Å². The molecule has 0 spiro atoms. The fraction of sp³-hybridized carbons (Fsp3) is 0.667. The lowest BCUT2D eigenvalue weighted by molar-refractivity contribution is 0.157. The van der Waals surface area contributed by atoms with E-state index in [1.807, 2.05) is 6.92 Å². The van der Waals surface area contributed by atoms with Crippen molar-refractivity contribution in [1.29, 1.82) is 0 Å². The molecule has 1 heterocycles. The van der Waals surface area contributed by atoms with Gasteiger partial charge in [-0.1, -0.05) is 6.92 Å². The van der Waals surface area contributed by atoms with Crippen LogP contribution in [0.2, 0.25) is 0 Å². The molecule has 0 aromatic carbocycles. The predicted octanol–water partition coefficient (Wildman–Crippen LogP) is 1.72. The normalized spacial score (nSPS) is 14.8. The third-order valence-electron chi connectivity index (χ3n) is 2.55. The van der Waals surface area contributed by atoms with Gasteiger partial charge in [0.1, 0.15) is 0 Å². The monoisotopic (exact) mass is 223 g/mol. The molecule has 1 aromatic rings. The van der Waals surface area contributed by atoms with Crippen LogP contribution >= 0.6 is 0 Å². The molecule has 90 valence electrons. The fourth-order valence-corrected chi connectivity index (χ4v) is 1.66. The van der Waals surface area contributed by atoms with Crippen molar-refractivity contribution in [2.24, 2.45) is 5.92 Å². The van der Waals surface area contributed by atoms with Gasteiger partial charge in [0.15, 0.2) is 0 Å². The maximum absolute atomic E-state index is 5.10. The zero-order valence-corrected chi connectivity index (χ0v) is 10.5. The molecule has 1 N–H and O–H groups in total. The highest BCUT2D eigenvalue weighted by molar-refractivity contribution is 5.12. The van der Waals surface area contributed by atoms with Crippen molar-refractivity contribution in [3.8, 4) is 0 Å². The van der Waals surface area contributed by atoms with Gasteiger partial charge >= 0.3 is 0 Å². The number of nitrogens with zero attached hydrogens (tertiary/aromatic N) is 2.